The summed E-state index contributed by atoms with van der Waals surface area (Å²) in [5, 5.41) is 9.83. The number of hydrogen-bond donors (Lipinski definition) is 2. The van der Waals surface area contributed by atoms with E-state index in [9.17, 15) is 5.11 Å². The number of pyridine rings is 1. The maximum Gasteiger partial charge on any atom is 0.0653 e. The summed E-state index contributed by atoms with van der Waals surface area (Å²) in [6.07, 6.45) is 5.05. The Morgan fingerprint density at radius 3 is 2.67 bits per heavy atom. The van der Waals surface area contributed by atoms with Gasteiger partial charge in [-0.3, -0.25) is 4.98 Å². The van der Waals surface area contributed by atoms with Crippen molar-refractivity contribution in [3.63, 3.8) is 0 Å². The van der Waals surface area contributed by atoms with Crippen molar-refractivity contribution in [1.82, 2.24) is 4.98 Å². The Morgan fingerprint density at radius 1 is 1.40 bits per heavy atom. The molecule has 0 unspecified atom stereocenters. The van der Waals surface area contributed by atoms with Crippen LogP contribution in [0.1, 0.15) is 19.8 Å². The van der Waals surface area contributed by atoms with Crippen molar-refractivity contribution in [2.45, 2.75) is 25.4 Å². The molecule has 0 bridgehead atoms. The van der Waals surface area contributed by atoms with E-state index in [2.05, 4.69) is 9.88 Å². The number of aromatic nitrogens is 1. The molecule has 1 aliphatic heterocycles. The summed E-state index contributed by atoms with van der Waals surface area (Å²) in [4.78, 5) is 6.28. The minimum absolute atomic E-state index is 0.510. The summed E-state index contributed by atoms with van der Waals surface area (Å²) < 4.78 is 0. The highest BCUT2D eigenvalue weighted by molar-refractivity contribution is 5.53. The van der Waals surface area contributed by atoms with Gasteiger partial charge in [0.2, 0.25) is 0 Å². The van der Waals surface area contributed by atoms with Crippen LogP contribution in [0.3, 0.4) is 0 Å². The Balaban J connectivity index is 2.08. The van der Waals surface area contributed by atoms with E-state index >= 15 is 0 Å². The molecule has 0 amide bonds. The summed E-state index contributed by atoms with van der Waals surface area (Å²) in [5.74, 6) is 0. The van der Waals surface area contributed by atoms with E-state index in [1.165, 1.54) is 0 Å². The molecule has 1 fully saturated rings. The van der Waals surface area contributed by atoms with E-state index in [1.54, 1.807) is 6.20 Å². The molecule has 4 heteroatoms. The standard InChI is InChI=1S/C11H17N3O/c1-11(15)2-4-14(5-3-11)10-6-9(12)7-13-8-10/h6-8,15H,2-5,12H2,1H3. The maximum absolute atomic E-state index is 9.83. The van der Waals surface area contributed by atoms with Gasteiger partial charge in [-0.05, 0) is 25.8 Å². The lowest BCUT2D eigenvalue weighted by Crippen LogP contribution is -2.42. The number of rotatable bonds is 1. The van der Waals surface area contributed by atoms with Gasteiger partial charge in [0.25, 0.3) is 0 Å². The quantitative estimate of drug-likeness (QED) is 0.721. The lowest BCUT2D eigenvalue weighted by atomic mass is 9.94. The smallest absolute Gasteiger partial charge is 0.0653 e. The largest absolute Gasteiger partial charge is 0.397 e. The SMILES string of the molecule is CC1(O)CCN(c2cncc(N)c2)CC1. The molecule has 0 spiro atoms. The van der Waals surface area contributed by atoms with E-state index in [4.69, 9.17) is 5.73 Å². The molecule has 4 nitrogen and oxygen atoms in total. The number of piperidine rings is 1. The molecule has 1 aromatic rings. The van der Waals surface area contributed by atoms with Crippen LogP contribution in [0.5, 0.6) is 0 Å². The van der Waals surface area contributed by atoms with E-state index in [0.717, 1.165) is 31.6 Å². The van der Waals surface area contributed by atoms with E-state index in [-0.39, 0.29) is 0 Å². The van der Waals surface area contributed by atoms with Gasteiger partial charge >= 0.3 is 0 Å². The molecule has 82 valence electrons. The number of nitrogen functional groups attached to an aromatic ring is 1. The van der Waals surface area contributed by atoms with Gasteiger partial charge in [-0.15, -0.1) is 0 Å². The summed E-state index contributed by atoms with van der Waals surface area (Å²) in [5.41, 5.74) is 6.90. The van der Waals surface area contributed by atoms with E-state index < -0.39 is 5.60 Å². The van der Waals surface area contributed by atoms with Crippen molar-refractivity contribution >= 4 is 11.4 Å². The van der Waals surface area contributed by atoms with Crippen LogP contribution in [0.2, 0.25) is 0 Å². The molecule has 1 aliphatic rings. The zero-order valence-corrected chi connectivity index (χ0v) is 8.98. The molecule has 0 saturated carbocycles. The van der Waals surface area contributed by atoms with Crippen molar-refractivity contribution in [3.05, 3.63) is 18.5 Å². The Kier molecular flexibility index (Phi) is 2.52. The highest BCUT2D eigenvalue weighted by Crippen LogP contribution is 2.25. The first-order valence-electron chi connectivity index (χ1n) is 5.25. The van der Waals surface area contributed by atoms with Gasteiger partial charge in [-0.1, -0.05) is 0 Å². The number of hydrogen-bond acceptors (Lipinski definition) is 4. The van der Waals surface area contributed by atoms with Crippen LogP contribution in [0.4, 0.5) is 11.4 Å². The molecule has 2 rings (SSSR count). The Hall–Kier alpha value is -1.29. The zero-order chi connectivity index (χ0) is 10.9. The number of nitrogens with two attached hydrogens (primary N) is 1. The van der Waals surface area contributed by atoms with Crippen molar-refractivity contribution in [3.8, 4) is 0 Å². The molecular weight excluding hydrogens is 190 g/mol. The first kappa shape index (κ1) is 10.2. The third kappa shape index (κ3) is 2.39. The van der Waals surface area contributed by atoms with Crippen molar-refractivity contribution in [2.24, 2.45) is 0 Å². The molecule has 15 heavy (non-hydrogen) atoms. The van der Waals surface area contributed by atoms with Crippen molar-refractivity contribution < 1.29 is 5.11 Å². The number of nitrogens with zero attached hydrogens (tertiary/aromatic N) is 2. The number of anilines is 2. The van der Waals surface area contributed by atoms with E-state index in [1.807, 2.05) is 19.2 Å². The average Bonchev–Trinajstić information content (AvgIpc) is 2.17. The monoisotopic (exact) mass is 207 g/mol. The second-order valence-electron chi connectivity index (χ2n) is 4.46. The first-order chi connectivity index (χ1) is 7.07. The van der Waals surface area contributed by atoms with Gasteiger partial charge in [-0.25, -0.2) is 0 Å². The fraction of sp³-hybridized carbons (Fsp3) is 0.545. The van der Waals surface area contributed by atoms with Crippen LogP contribution in [0, 0.1) is 0 Å². The van der Waals surface area contributed by atoms with Gasteiger partial charge < -0.3 is 15.7 Å². The van der Waals surface area contributed by atoms with Crippen LogP contribution in [0.15, 0.2) is 18.5 Å². The van der Waals surface area contributed by atoms with Crippen LogP contribution in [0.25, 0.3) is 0 Å². The van der Waals surface area contributed by atoms with Gasteiger partial charge in [0.15, 0.2) is 0 Å². The fourth-order valence-electron chi connectivity index (χ4n) is 1.86. The Labute approximate surface area is 89.7 Å². The molecule has 1 aromatic heterocycles. The summed E-state index contributed by atoms with van der Waals surface area (Å²) in [6, 6.07) is 1.92. The number of aliphatic hydroxyl groups is 1. The van der Waals surface area contributed by atoms with Gasteiger partial charge in [0, 0.05) is 19.3 Å². The van der Waals surface area contributed by atoms with Gasteiger partial charge in [0.1, 0.15) is 0 Å². The van der Waals surface area contributed by atoms with Crippen molar-refractivity contribution in [2.75, 3.05) is 23.7 Å². The molecule has 1 saturated heterocycles. The van der Waals surface area contributed by atoms with Crippen LogP contribution < -0.4 is 10.6 Å². The molecule has 0 atom stereocenters. The predicted molar refractivity (Wildman–Crippen MR) is 60.7 cm³/mol. The maximum atomic E-state index is 9.83. The fourth-order valence-corrected chi connectivity index (χ4v) is 1.86. The summed E-state index contributed by atoms with van der Waals surface area (Å²) in [7, 11) is 0. The zero-order valence-electron chi connectivity index (χ0n) is 8.98. The lowest BCUT2D eigenvalue weighted by Gasteiger charge is -2.36. The predicted octanol–water partition coefficient (Wildman–Crippen LogP) is 1.02. The lowest BCUT2D eigenvalue weighted by molar-refractivity contribution is 0.0351. The molecule has 0 aliphatic carbocycles. The summed E-state index contributed by atoms with van der Waals surface area (Å²) >= 11 is 0. The molecule has 0 aromatic carbocycles. The Morgan fingerprint density at radius 2 is 2.07 bits per heavy atom. The normalized spacial score (nSPS) is 20.3. The molecule has 2 heterocycles. The minimum Gasteiger partial charge on any atom is -0.397 e. The topological polar surface area (TPSA) is 62.4 Å². The van der Waals surface area contributed by atoms with E-state index in [0.29, 0.717) is 5.69 Å². The van der Waals surface area contributed by atoms with Crippen LogP contribution in [-0.2, 0) is 0 Å². The first-order valence-corrected chi connectivity index (χ1v) is 5.25. The third-order valence-electron chi connectivity index (χ3n) is 2.95. The Bertz CT molecular complexity index is 341. The second-order valence-corrected chi connectivity index (χ2v) is 4.46. The third-order valence-corrected chi connectivity index (χ3v) is 2.95. The molecule has 0 radical (unpaired) electrons. The van der Waals surface area contributed by atoms with Crippen molar-refractivity contribution in [1.29, 1.82) is 0 Å². The summed E-state index contributed by atoms with van der Waals surface area (Å²) in [6.45, 7) is 3.61. The molecular formula is C11H17N3O. The van der Waals surface area contributed by atoms with Crippen LogP contribution in [-0.4, -0.2) is 28.8 Å². The van der Waals surface area contributed by atoms with Gasteiger partial charge in [-0.2, -0.15) is 0 Å². The average molecular weight is 207 g/mol. The highest BCUT2D eigenvalue weighted by Gasteiger charge is 2.27. The second kappa shape index (κ2) is 3.70. The molecule has 3 N–H and O–H groups in total. The van der Waals surface area contributed by atoms with Crippen LogP contribution >= 0.6 is 0 Å². The minimum atomic E-state index is -0.510. The van der Waals surface area contributed by atoms with Gasteiger partial charge in [0.05, 0.1) is 23.2 Å². The highest BCUT2D eigenvalue weighted by atomic mass is 16.3.